The second-order valence-electron chi connectivity index (χ2n) is 7.93. The van der Waals surface area contributed by atoms with Crippen molar-refractivity contribution in [3.05, 3.63) is 58.8 Å². The first-order chi connectivity index (χ1) is 15.6. The number of anilines is 2. The largest absolute Gasteiger partial charge is 0.416 e. The van der Waals surface area contributed by atoms with Crippen LogP contribution in [-0.2, 0) is 17.2 Å². The highest BCUT2D eigenvalue weighted by Crippen LogP contribution is 2.35. The molecule has 2 atom stereocenters. The summed E-state index contributed by atoms with van der Waals surface area (Å²) in [6.45, 7) is 5.18. The van der Waals surface area contributed by atoms with Gasteiger partial charge in [0.2, 0.25) is 0 Å². The van der Waals surface area contributed by atoms with E-state index < -0.39 is 28.9 Å². The van der Waals surface area contributed by atoms with Crippen molar-refractivity contribution in [1.82, 2.24) is 14.9 Å². The number of benzene rings is 2. The molecule has 0 spiro atoms. The molecular formula is C22H25F3N6OS. The van der Waals surface area contributed by atoms with Gasteiger partial charge in [-0.15, -0.1) is 5.10 Å². The van der Waals surface area contributed by atoms with Gasteiger partial charge in [-0.3, -0.25) is 0 Å². The Kier molecular flexibility index (Phi) is 6.55. The molecule has 7 nitrogen and oxygen atoms in total. The molecule has 1 aromatic heterocycles. The minimum absolute atomic E-state index is 0.0696. The Morgan fingerprint density at radius 1 is 1.15 bits per heavy atom. The maximum Gasteiger partial charge on any atom is 0.416 e. The normalized spacial score (nSPS) is 18.2. The Hall–Kier alpha value is -2.76. The summed E-state index contributed by atoms with van der Waals surface area (Å²) in [4.78, 5) is 2.13. The molecule has 0 saturated carbocycles. The molecule has 4 rings (SSSR count). The van der Waals surface area contributed by atoms with E-state index >= 15 is 0 Å². The van der Waals surface area contributed by atoms with Crippen LogP contribution in [0.3, 0.4) is 0 Å². The SMILES string of the molecule is Cc1c([C@@H](N)Nc2nnc(C)c3ccc(N4CCNS(=O)CC4)cc23)cccc1C(F)(F)F. The maximum absolute atomic E-state index is 13.3. The smallest absolute Gasteiger partial charge is 0.369 e. The van der Waals surface area contributed by atoms with E-state index in [0.29, 0.717) is 36.8 Å². The van der Waals surface area contributed by atoms with E-state index in [1.807, 2.05) is 25.1 Å². The highest BCUT2D eigenvalue weighted by Gasteiger charge is 2.33. The number of halogens is 3. The lowest BCUT2D eigenvalue weighted by molar-refractivity contribution is -0.138. The molecule has 1 aliphatic heterocycles. The lowest BCUT2D eigenvalue weighted by Gasteiger charge is -2.23. The lowest BCUT2D eigenvalue weighted by Crippen LogP contribution is -2.28. The summed E-state index contributed by atoms with van der Waals surface area (Å²) >= 11 is 0. The topological polar surface area (TPSA) is 96.2 Å². The Morgan fingerprint density at radius 2 is 1.94 bits per heavy atom. The average molecular weight is 479 g/mol. The van der Waals surface area contributed by atoms with E-state index in [9.17, 15) is 17.4 Å². The quantitative estimate of drug-likeness (QED) is 0.498. The maximum atomic E-state index is 13.3. The fourth-order valence-electron chi connectivity index (χ4n) is 4.03. The van der Waals surface area contributed by atoms with Gasteiger partial charge >= 0.3 is 6.18 Å². The highest BCUT2D eigenvalue weighted by molar-refractivity contribution is 7.83. The number of hydrogen-bond donors (Lipinski definition) is 3. The summed E-state index contributed by atoms with van der Waals surface area (Å²) in [6.07, 6.45) is -5.38. The number of alkyl halides is 3. The molecular weight excluding hydrogens is 453 g/mol. The predicted octanol–water partition coefficient (Wildman–Crippen LogP) is 3.41. The second-order valence-corrected chi connectivity index (χ2v) is 9.32. The first-order valence-corrected chi connectivity index (χ1v) is 11.8. The fourth-order valence-corrected chi connectivity index (χ4v) is 4.88. The Morgan fingerprint density at radius 3 is 2.70 bits per heavy atom. The van der Waals surface area contributed by atoms with Gasteiger partial charge in [-0.2, -0.15) is 18.3 Å². The molecule has 33 heavy (non-hydrogen) atoms. The summed E-state index contributed by atoms with van der Waals surface area (Å²) in [7, 11) is -1.05. The summed E-state index contributed by atoms with van der Waals surface area (Å²) in [5.74, 6) is 0.898. The molecule has 1 aliphatic rings. The van der Waals surface area contributed by atoms with Gasteiger partial charge in [0.1, 0.15) is 6.17 Å². The number of nitrogens with zero attached hydrogens (tertiary/aromatic N) is 3. The van der Waals surface area contributed by atoms with E-state index in [0.717, 1.165) is 28.2 Å². The standard InChI is InChI=1S/C22H25F3N6OS/c1-13-16(4-3-5-19(13)22(23,24)25)20(26)28-21-18-12-15(6-7-17(18)14(2)29-30-21)31-9-8-27-33(32)11-10-31/h3-7,12,20,27H,8-11,26H2,1-2H3,(H,28,30)/t20-,33?/m0/s1. The van der Waals surface area contributed by atoms with Gasteiger partial charge in [-0.1, -0.05) is 18.2 Å². The van der Waals surface area contributed by atoms with Crippen LogP contribution in [0, 0.1) is 13.8 Å². The van der Waals surface area contributed by atoms with Crippen LogP contribution >= 0.6 is 0 Å². The summed E-state index contributed by atoms with van der Waals surface area (Å²) in [6, 6.07) is 9.84. The first kappa shape index (κ1) is 23.4. The van der Waals surface area contributed by atoms with Gasteiger partial charge in [-0.25, -0.2) is 8.93 Å². The number of nitrogens with two attached hydrogens (primary N) is 1. The third-order valence-corrected chi connectivity index (χ3v) is 6.89. The molecule has 11 heteroatoms. The number of rotatable bonds is 4. The zero-order valence-electron chi connectivity index (χ0n) is 18.2. The van der Waals surface area contributed by atoms with Crippen molar-refractivity contribution in [2.75, 3.05) is 35.6 Å². The molecule has 0 amide bonds. The Bertz CT molecular complexity index is 1200. The first-order valence-electron chi connectivity index (χ1n) is 10.5. The molecule has 2 heterocycles. The van der Waals surface area contributed by atoms with Crippen LogP contribution in [0.4, 0.5) is 24.7 Å². The zero-order valence-corrected chi connectivity index (χ0v) is 19.1. The van der Waals surface area contributed by atoms with Crippen LogP contribution in [0.2, 0.25) is 0 Å². The van der Waals surface area contributed by atoms with Crippen LogP contribution < -0.4 is 20.7 Å². The van der Waals surface area contributed by atoms with Gasteiger partial charge in [0, 0.05) is 36.1 Å². The molecule has 1 saturated heterocycles. The molecule has 3 aromatic rings. The number of nitrogens with one attached hydrogen (secondary N) is 2. The number of aromatic nitrogens is 2. The third-order valence-electron chi connectivity index (χ3n) is 5.81. The number of aryl methyl sites for hydroxylation is 1. The van der Waals surface area contributed by atoms with E-state index in [-0.39, 0.29) is 5.56 Å². The van der Waals surface area contributed by atoms with Gasteiger partial charge in [0.25, 0.3) is 0 Å². The van der Waals surface area contributed by atoms with E-state index in [1.54, 1.807) is 6.07 Å². The van der Waals surface area contributed by atoms with Crippen molar-refractivity contribution in [1.29, 1.82) is 0 Å². The molecule has 2 aromatic carbocycles. The molecule has 0 aliphatic carbocycles. The summed E-state index contributed by atoms with van der Waals surface area (Å²) in [5, 5.41) is 13.1. The van der Waals surface area contributed by atoms with Gasteiger partial charge in [0.15, 0.2) is 5.82 Å². The van der Waals surface area contributed by atoms with Crippen LogP contribution in [0.5, 0.6) is 0 Å². The van der Waals surface area contributed by atoms with E-state index in [1.165, 1.54) is 13.0 Å². The molecule has 1 unspecified atom stereocenters. The van der Waals surface area contributed by atoms with Crippen molar-refractivity contribution in [3.63, 3.8) is 0 Å². The minimum Gasteiger partial charge on any atom is -0.369 e. The van der Waals surface area contributed by atoms with Crippen molar-refractivity contribution in [3.8, 4) is 0 Å². The lowest BCUT2D eigenvalue weighted by atomic mass is 10.00. The minimum atomic E-state index is -4.46. The van der Waals surface area contributed by atoms with Crippen molar-refractivity contribution in [2.24, 2.45) is 5.73 Å². The van der Waals surface area contributed by atoms with Gasteiger partial charge < -0.3 is 16.0 Å². The number of fused-ring (bicyclic) bond motifs is 1. The molecule has 4 N–H and O–H groups in total. The van der Waals surface area contributed by atoms with Crippen LogP contribution in [0.25, 0.3) is 10.8 Å². The van der Waals surface area contributed by atoms with E-state index in [4.69, 9.17) is 5.73 Å². The second kappa shape index (κ2) is 9.24. The molecule has 0 bridgehead atoms. The fraction of sp³-hybridized carbons (Fsp3) is 0.364. The third kappa shape index (κ3) is 4.94. The van der Waals surface area contributed by atoms with Crippen molar-refractivity contribution < 1.29 is 17.4 Å². The summed E-state index contributed by atoms with van der Waals surface area (Å²) < 4.78 is 54.8. The zero-order chi connectivity index (χ0) is 23.8. The van der Waals surface area contributed by atoms with Crippen molar-refractivity contribution >= 4 is 33.3 Å². The average Bonchev–Trinajstić information content (AvgIpc) is 2.99. The molecule has 0 radical (unpaired) electrons. The molecule has 1 fully saturated rings. The van der Waals surface area contributed by atoms with Crippen LogP contribution in [0.15, 0.2) is 36.4 Å². The Labute approximate surface area is 192 Å². The Balaban J connectivity index is 1.69. The van der Waals surface area contributed by atoms with Crippen LogP contribution in [0.1, 0.15) is 28.6 Å². The van der Waals surface area contributed by atoms with E-state index in [2.05, 4.69) is 25.1 Å². The summed E-state index contributed by atoms with van der Waals surface area (Å²) in [5.41, 5.74) is 7.63. The number of hydrogen-bond acceptors (Lipinski definition) is 6. The van der Waals surface area contributed by atoms with Crippen molar-refractivity contribution in [2.45, 2.75) is 26.2 Å². The van der Waals surface area contributed by atoms with Gasteiger partial charge in [0.05, 0.1) is 28.0 Å². The van der Waals surface area contributed by atoms with Crippen LogP contribution in [-0.4, -0.2) is 39.8 Å². The van der Waals surface area contributed by atoms with Gasteiger partial charge in [-0.05, 0) is 43.2 Å². The predicted molar refractivity (Wildman–Crippen MR) is 124 cm³/mol. The highest BCUT2D eigenvalue weighted by atomic mass is 32.2. The molecule has 176 valence electrons. The monoisotopic (exact) mass is 478 g/mol.